The molecular weight excluding hydrogens is 372 g/mol. The minimum absolute atomic E-state index is 0.0619. The summed E-state index contributed by atoms with van der Waals surface area (Å²) < 4.78 is 26.8. The lowest BCUT2D eigenvalue weighted by Gasteiger charge is -2.30. The third kappa shape index (κ3) is 4.03. The van der Waals surface area contributed by atoms with Crippen LogP contribution in [0.4, 0.5) is 5.69 Å². The Morgan fingerprint density at radius 2 is 1.88 bits per heavy atom. The zero-order valence-electron chi connectivity index (χ0n) is 14.3. The second-order valence-electron chi connectivity index (χ2n) is 6.24. The number of hydrogen-bond donors (Lipinski definition) is 1. The molecule has 0 saturated carbocycles. The van der Waals surface area contributed by atoms with Crippen LogP contribution in [0.3, 0.4) is 0 Å². The van der Waals surface area contributed by atoms with Crippen LogP contribution in [0.1, 0.15) is 30.1 Å². The molecule has 2 aromatic rings. The highest BCUT2D eigenvalue weighted by molar-refractivity contribution is 7.91. The molecule has 2 heterocycles. The second kappa shape index (κ2) is 7.69. The molecule has 0 unspecified atom stereocenters. The molecule has 3 rings (SSSR count). The molecule has 6 nitrogen and oxygen atoms in total. The average Bonchev–Trinajstić information content (AvgIpc) is 3.17. The first-order valence-corrected chi connectivity index (χ1v) is 10.7. The van der Waals surface area contributed by atoms with E-state index in [-0.39, 0.29) is 17.6 Å². The van der Waals surface area contributed by atoms with Gasteiger partial charge in [-0.15, -0.1) is 11.3 Å². The highest BCUT2D eigenvalue weighted by atomic mass is 32.2. The Hall–Kier alpha value is -2.03. The number of Topliss-reactive ketones (excluding diaryl/α,β-unsaturated/α-hetero) is 1. The molecule has 1 aliphatic rings. The van der Waals surface area contributed by atoms with Gasteiger partial charge in [-0.25, -0.2) is 8.42 Å². The SMILES string of the molecule is CC(=O)c1cccc(NC(=O)C2CCN(S(=O)(=O)c3cccs3)CC2)c1. The number of hydrogen-bond acceptors (Lipinski definition) is 5. The summed E-state index contributed by atoms with van der Waals surface area (Å²) in [4.78, 5) is 23.9. The van der Waals surface area contributed by atoms with E-state index in [0.717, 1.165) is 0 Å². The largest absolute Gasteiger partial charge is 0.326 e. The monoisotopic (exact) mass is 392 g/mol. The van der Waals surface area contributed by atoms with Crippen LogP contribution >= 0.6 is 11.3 Å². The number of carbonyl (C=O) groups is 2. The van der Waals surface area contributed by atoms with E-state index in [0.29, 0.717) is 41.4 Å². The molecule has 0 aliphatic carbocycles. The molecule has 8 heteroatoms. The van der Waals surface area contributed by atoms with Gasteiger partial charge in [0.05, 0.1) is 0 Å². The second-order valence-corrected chi connectivity index (χ2v) is 9.35. The zero-order chi connectivity index (χ0) is 18.7. The van der Waals surface area contributed by atoms with Gasteiger partial charge in [-0.05, 0) is 43.3 Å². The van der Waals surface area contributed by atoms with Gasteiger partial charge in [0.15, 0.2) is 5.78 Å². The lowest BCUT2D eigenvalue weighted by molar-refractivity contribution is -0.120. The Balaban J connectivity index is 1.60. The zero-order valence-corrected chi connectivity index (χ0v) is 16.0. The fraction of sp³-hybridized carbons (Fsp3) is 0.333. The van der Waals surface area contributed by atoms with Crippen LogP contribution in [0.15, 0.2) is 46.0 Å². The van der Waals surface area contributed by atoms with Crippen molar-refractivity contribution in [1.29, 1.82) is 0 Å². The first kappa shape index (κ1) is 18.8. The molecule has 0 spiro atoms. The summed E-state index contributed by atoms with van der Waals surface area (Å²) in [6.07, 6.45) is 0.950. The third-order valence-corrected chi connectivity index (χ3v) is 7.72. The van der Waals surface area contributed by atoms with Gasteiger partial charge in [-0.2, -0.15) is 4.31 Å². The van der Waals surface area contributed by atoms with Gasteiger partial charge in [0, 0.05) is 30.3 Å². The summed E-state index contributed by atoms with van der Waals surface area (Å²) in [5.74, 6) is -0.446. The summed E-state index contributed by atoms with van der Waals surface area (Å²) in [5, 5.41) is 4.57. The molecule has 1 aromatic carbocycles. The van der Waals surface area contributed by atoms with E-state index >= 15 is 0 Å². The predicted octanol–water partition coefficient (Wildman–Crippen LogP) is 2.99. The fourth-order valence-electron chi connectivity index (χ4n) is 2.96. The van der Waals surface area contributed by atoms with Crippen LogP contribution in [0.2, 0.25) is 0 Å². The van der Waals surface area contributed by atoms with Crippen LogP contribution in [0.25, 0.3) is 0 Å². The standard InChI is InChI=1S/C18H20N2O4S2/c1-13(21)15-4-2-5-16(12-15)19-18(22)14-7-9-20(10-8-14)26(23,24)17-6-3-11-25-17/h2-6,11-12,14H,7-10H2,1H3,(H,19,22). The van der Waals surface area contributed by atoms with Crippen molar-refractivity contribution in [2.45, 2.75) is 24.0 Å². The molecule has 1 fully saturated rings. The molecule has 1 saturated heterocycles. The number of nitrogens with one attached hydrogen (secondary N) is 1. The van der Waals surface area contributed by atoms with E-state index in [9.17, 15) is 18.0 Å². The number of ketones is 1. The van der Waals surface area contributed by atoms with Gasteiger partial charge >= 0.3 is 0 Å². The van der Waals surface area contributed by atoms with Crippen molar-refractivity contribution >= 4 is 38.7 Å². The normalized spacial score (nSPS) is 16.3. The van der Waals surface area contributed by atoms with Crippen LogP contribution < -0.4 is 5.32 Å². The third-order valence-electron chi connectivity index (χ3n) is 4.45. The van der Waals surface area contributed by atoms with Crippen molar-refractivity contribution in [1.82, 2.24) is 4.31 Å². The topological polar surface area (TPSA) is 83.6 Å². The van der Waals surface area contributed by atoms with Gasteiger partial charge < -0.3 is 5.32 Å². The average molecular weight is 393 g/mol. The number of amides is 1. The van der Waals surface area contributed by atoms with E-state index in [1.165, 1.54) is 22.6 Å². The maximum absolute atomic E-state index is 12.5. The van der Waals surface area contributed by atoms with E-state index in [1.807, 2.05) is 0 Å². The lowest BCUT2D eigenvalue weighted by atomic mass is 9.97. The predicted molar refractivity (Wildman–Crippen MR) is 101 cm³/mol. The van der Waals surface area contributed by atoms with Crippen molar-refractivity contribution in [2.24, 2.45) is 5.92 Å². The Morgan fingerprint density at radius 3 is 2.50 bits per heavy atom. The Bertz CT molecular complexity index is 899. The quantitative estimate of drug-likeness (QED) is 0.793. The Morgan fingerprint density at radius 1 is 1.15 bits per heavy atom. The van der Waals surface area contributed by atoms with Gasteiger partial charge in [-0.3, -0.25) is 9.59 Å². The molecule has 1 aliphatic heterocycles. The van der Waals surface area contributed by atoms with Crippen molar-refractivity contribution in [3.05, 3.63) is 47.3 Å². The van der Waals surface area contributed by atoms with Crippen molar-refractivity contribution < 1.29 is 18.0 Å². The van der Waals surface area contributed by atoms with Gasteiger partial charge in [-0.1, -0.05) is 18.2 Å². The van der Waals surface area contributed by atoms with Crippen LogP contribution in [-0.4, -0.2) is 37.5 Å². The highest BCUT2D eigenvalue weighted by Crippen LogP contribution is 2.27. The maximum atomic E-state index is 12.5. The molecular formula is C18H20N2O4S2. The van der Waals surface area contributed by atoms with E-state index < -0.39 is 10.0 Å². The van der Waals surface area contributed by atoms with Gasteiger partial charge in [0.1, 0.15) is 4.21 Å². The minimum atomic E-state index is -3.46. The fourth-order valence-corrected chi connectivity index (χ4v) is 5.57. The molecule has 26 heavy (non-hydrogen) atoms. The number of sulfonamides is 1. The first-order chi connectivity index (χ1) is 12.4. The molecule has 0 bridgehead atoms. The van der Waals surface area contributed by atoms with Crippen LogP contribution in [-0.2, 0) is 14.8 Å². The maximum Gasteiger partial charge on any atom is 0.252 e. The number of rotatable bonds is 5. The van der Waals surface area contributed by atoms with Gasteiger partial charge in [0.25, 0.3) is 10.0 Å². The number of nitrogens with zero attached hydrogens (tertiary/aromatic N) is 1. The van der Waals surface area contributed by atoms with Crippen molar-refractivity contribution in [3.63, 3.8) is 0 Å². The number of carbonyl (C=O) groups excluding carboxylic acids is 2. The van der Waals surface area contributed by atoms with E-state index in [4.69, 9.17) is 0 Å². The summed E-state index contributed by atoms with van der Waals surface area (Å²) >= 11 is 1.20. The van der Waals surface area contributed by atoms with Crippen LogP contribution in [0.5, 0.6) is 0 Å². The Kier molecular flexibility index (Phi) is 5.55. The molecule has 0 radical (unpaired) electrons. The summed E-state index contributed by atoms with van der Waals surface area (Å²) in [7, 11) is -3.46. The number of anilines is 1. The van der Waals surface area contributed by atoms with Gasteiger partial charge in [0.2, 0.25) is 5.91 Å². The molecule has 1 aromatic heterocycles. The summed E-state index contributed by atoms with van der Waals surface area (Å²) in [6.45, 7) is 2.13. The highest BCUT2D eigenvalue weighted by Gasteiger charge is 2.32. The van der Waals surface area contributed by atoms with Crippen LogP contribution in [0, 0.1) is 5.92 Å². The first-order valence-electron chi connectivity index (χ1n) is 8.33. The summed E-state index contributed by atoms with van der Waals surface area (Å²) in [6, 6.07) is 10.1. The number of piperidine rings is 1. The summed E-state index contributed by atoms with van der Waals surface area (Å²) in [5.41, 5.74) is 1.12. The number of benzene rings is 1. The van der Waals surface area contributed by atoms with Crippen molar-refractivity contribution in [2.75, 3.05) is 18.4 Å². The molecule has 138 valence electrons. The number of thiophene rings is 1. The Labute approximate surface area is 156 Å². The smallest absolute Gasteiger partial charge is 0.252 e. The van der Waals surface area contributed by atoms with Crippen molar-refractivity contribution in [3.8, 4) is 0 Å². The van der Waals surface area contributed by atoms with E-state index in [1.54, 1.807) is 41.8 Å². The van der Waals surface area contributed by atoms with E-state index in [2.05, 4.69) is 5.32 Å². The molecule has 0 atom stereocenters. The molecule has 1 amide bonds. The molecule has 1 N–H and O–H groups in total. The lowest BCUT2D eigenvalue weighted by Crippen LogP contribution is -2.41. The minimum Gasteiger partial charge on any atom is -0.326 e.